The van der Waals surface area contributed by atoms with Gasteiger partial charge in [-0.2, -0.15) is 0 Å². The van der Waals surface area contributed by atoms with E-state index in [0.717, 1.165) is 6.07 Å². The van der Waals surface area contributed by atoms with Gasteiger partial charge in [-0.3, -0.25) is 9.52 Å². The molecule has 0 unspecified atom stereocenters. The summed E-state index contributed by atoms with van der Waals surface area (Å²) in [5.74, 6) is -2.92. The summed E-state index contributed by atoms with van der Waals surface area (Å²) in [5, 5.41) is 8.92. The molecule has 0 aliphatic carbocycles. The molecule has 0 aliphatic heterocycles. The molecule has 0 aromatic heterocycles. The van der Waals surface area contributed by atoms with Crippen molar-refractivity contribution in [2.75, 3.05) is 17.1 Å². The van der Waals surface area contributed by atoms with Gasteiger partial charge in [-0.05, 0) is 41.1 Å². The Morgan fingerprint density at radius 1 is 1.40 bits per heavy atom. The monoisotopic (exact) mass is 365 g/mol. The first-order valence-corrected chi connectivity index (χ1v) is 7.88. The van der Waals surface area contributed by atoms with E-state index in [1.54, 1.807) is 6.92 Å². The van der Waals surface area contributed by atoms with Gasteiger partial charge >= 0.3 is 11.9 Å². The largest absolute Gasteiger partial charge is 0.478 e. The normalized spacial score (nSPS) is 10.9. The van der Waals surface area contributed by atoms with Crippen molar-refractivity contribution in [3.05, 3.63) is 28.2 Å². The molecular weight excluding hydrogens is 354 g/mol. The molecule has 0 saturated heterocycles. The maximum absolute atomic E-state index is 11.7. The van der Waals surface area contributed by atoms with E-state index in [2.05, 4.69) is 25.4 Å². The molecule has 0 saturated carbocycles. The van der Waals surface area contributed by atoms with E-state index in [0.29, 0.717) is 4.47 Å². The number of ether oxygens (including phenoxy) is 1. The molecule has 1 aromatic carbocycles. The van der Waals surface area contributed by atoms with Crippen molar-refractivity contribution in [1.29, 1.82) is 0 Å². The molecule has 7 nitrogen and oxygen atoms in total. The van der Waals surface area contributed by atoms with E-state index < -0.39 is 27.7 Å². The second kappa shape index (κ2) is 6.71. The van der Waals surface area contributed by atoms with E-state index in [1.807, 2.05) is 0 Å². The number of carboxylic acids is 1. The van der Waals surface area contributed by atoms with Crippen LogP contribution in [0.15, 0.2) is 22.7 Å². The van der Waals surface area contributed by atoms with Crippen LogP contribution < -0.4 is 4.72 Å². The first-order valence-electron chi connectivity index (χ1n) is 5.44. The standard InChI is InChI=1S/C11H12BrNO6S/c1-2-19-10(14)6-20(17,18)13-7-3-4-9(12)8(5-7)11(15)16/h3-5,13H,2,6H2,1H3,(H,15,16). The number of nitrogens with one attached hydrogen (secondary N) is 1. The molecule has 1 aromatic rings. The molecule has 0 amide bonds. The fourth-order valence-corrected chi connectivity index (χ4v) is 2.69. The summed E-state index contributed by atoms with van der Waals surface area (Å²) < 4.78 is 30.3. The lowest BCUT2D eigenvalue weighted by Gasteiger charge is -2.09. The number of carbonyl (C=O) groups excluding carboxylic acids is 1. The maximum Gasteiger partial charge on any atom is 0.336 e. The summed E-state index contributed by atoms with van der Waals surface area (Å²) in [6.07, 6.45) is 0. The molecule has 1 rings (SSSR count). The lowest BCUT2D eigenvalue weighted by atomic mass is 10.2. The maximum atomic E-state index is 11.7. The molecule has 0 atom stereocenters. The van der Waals surface area contributed by atoms with Crippen molar-refractivity contribution in [2.45, 2.75) is 6.92 Å². The average molecular weight is 366 g/mol. The molecule has 20 heavy (non-hydrogen) atoms. The zero-order valence-corrected chi connectivity index (χ0v) is 12.8. The molecule has 0 bridgehead atoms. The van der Waals surface area contributed by atoms with Gasteiger partial charge in [0.15, 0.2) is 5.75 Å². The van der Waals surface area contributed by atoms with E-state index in [4.69, 9.17) is 5.11 Å². The van der Waals surface area contributed by atoms with E-state index in [1.165, 1.54) is 12.1 Å². The van der Waals surface area contributed by atoms with Crippen LogP contribution in [0, 0.1) is 0 Å². The van der Waals surface area contributed by atoms with Crippen molar-refractivity contribution in [1.82, 2.24) is 0 Å². The molecule has 0 aliphatic rings. The number of carbonyl (C=O) groups is 2. The Labute approximate surface area is 124 Å². The van der Waals surface area contributed by atoms with Crippen LogP contribution in [-0.4, -0.2) is 37.8 Å². The van der Waals surface area contributed by atoms with Gasteiger partial charge in [0.1, 0.15) is 0 Å². The predicted octanol–water partition coefficient (Wildman–Crippen LogP) is 1.45. The number of rotatable bonds is 6. The summed E-state index contributed by atoms with van der Waals surface area (Å²) in [7, 11) is -3.94. The zero-order valence-electron chi connectivity index (χ0n) is 10.4. The number of aromatic carboxylic acids is 1. The van der Waals surface area contributed by atoms with Crippen LogP contribution >= 0.6 is 15.9 Å². The fourth-order valence-electron chi connectivity index (χ4n) is 1.33. The molecule has 2 N–H and O–H groups in total. The number of benzene rings is 1. The molecular formula is C11H12BrNO6S. The molecule has 0 radical (unpaired) electrons. The van der Waals surface area contributed by atoms with Gasteiger partial charge in [-0.25, -0.2) is 13.2 Å². The molecule has 9 heteroatoms. The Kier molecular flexibility index (Phi) is 5.52. The minimum atomic E-state index is -3.94. The Balaban J connectivity index is 2.90. The van der Waals surface area contributed by atoms with E-state index in [9.17, 15) is 18.0 Å². The summed E-state index contributed by atoms with van der Waals surface area (Å²) in [6.45, 7) is 1.64. The predicted molar refractivity (Wildman–Crippen MR) is 75.1 cm³/mol. The zero-order chi connectivity index (χ0) is 15.3. The van der Waals surface area contributed by atoms with Crippen molar-refractivity contribution >= 4 is 43.6 Å². The van der Waals surface area contributed by atoms with Crippen molar-refractivity contribution in [2.24, 2.45) is 0 Å². The number of sulfonamides is 1. The summed E-state index contributed by atoms with van der Waals surface area (Å²) in [6, 6.07) is 3.92. The molecule has 110 valence electrons. The number of anilines is 1. The van der Waals surface area contributed by atoms with Gasteiger partial charge < -0.3 is 9.84 Å². The van der Waals surface area contributed by atoms with Crippen LogP contribution in [0.5, 0.6) is 0 Å². The van der Waals surface area contributed by atoms with Crippen LogP contribution in [0.4, 0.5) is 5.69 Å². The highest BCUT2D eigenvalue weighted by molar-refractivity contribution is 9.10. The Morgan fingerprint density at radius 2 is 2.05 bits per heavy atom. The number of hydrogen-bond acceptors (Lipinski definition) is 5. The minimum Gasteiger partial charge on any atom is -0.478 e. The van der Waals surface area contributed by atoms with Gasteiger partial charge in [0.25, 0.3) is 0 Å². The minimum absolute atomic E-state index is 0.0508. The number of hydrogen-bond donors (Lipinski definition) is 2. The second-order valence-electron chi connectivity index (χ2n) is 3.67. The van der Waals surface area contributed by atoms with Gasteiger partial charge in [0.05, 0.1) is 12.2 Å². The summed E-state index contributed by atoms with van der Waals surface area (Å²) >= 11 is 3.04. The molecule has 0 heterocycles. The van der Waals surface area contributed by atoms with Crippen molar-refractivity contribution in [3.8, 4) is 0 Å². The van der Waals surface area contributed by atoms with Gasteiger partial charge in [0, 0.05) is 10.2 Å². The van der Waals surface area contributed by atoms with Gasteiger partial charge in [-0.1, -0.05) is 0 Å². The highest BCUT2D eigenvalue weighted by Crippen LogP contribution is 2.21. The van der Waals surface area contributed by atoms with Crippen molar-refractivity contribution < 1.29 is 27.9 Å². The third-order valence-electron chi connectivity index (χ3n) is 2.08. The number of esters is 1. The summed E-state index contributed by atoms with van der Waals surface area (Å²) in [4.78, 5) is 22.1. The van der Waals surface area contributed by atoms with Crippen molar-refractivity contribution in [3.63, 3.8) is 0 Å². The third-order valence-corrected chi connectivity index (χ3v) is 3.94. The van der Waals surface area contributed by atoms with Crippen LogP contribution in [0.25, 0.3) is 0 Å². The summed E-state index contributed by atoms with van der Waals surface area (Å²) in [5.41, 5.74) is -0.0452. The first kappa shape index (κ1) is 16.4. The Bertz CT molecular complexity index is 628. The van der Waals surface area contributed by atoms with Crippen LogP contribution in [0.3, 0.4) is 0 Å². The topological polar surface area (TPSA) is 110 Å². The highest BCUT2D eigenvalue weighted by atomic mass is 79.9. The first-order chi connectivity index (χ1) is 9.25. The van der Waals surface area contributed by atoms with Crippen LogP contribution in [-0.2, 0) is 19.6 Å². The quantitative estimate of drug-likeness (QED) is 0.738. The number of carboxylic acid groups (broad SMARTS) is 1. The number of halogens is 1. The van der Waals surface area contributed by atoms with Crippen LogP contribution in [0.1, 0.15) is 17.3 Å². The average Bonchev–Trinajstić information content (AvgIpc) is 2.30. The smallest absolute Gasteiger partial charge is 0.336 e. The second-order valence-corrected chi connectivity index (χ2v) is 6.24. The van der Waals surface area contributed by atoms with Gasteiger partial charge in [-0.15, -0.1) is 0 Å². The fraction of sp³-hybridized carbons (Fsp3) is 0.273. The van der Waals surface area contributed by atoms with E-state index in [-0.39, 0.29) is 17.9 Å². The molecule has 0 spiro atoms. The lowest BCUT2D eigenvalue weighted by Crippen LogP contribution is -2.24. The highest BCUT2D eigenvalue weighted by Gasteiger charge is 2.18. The van der Waals surface area contributed by atoms with Gasteiger partial charge in [0.2, 0.25) is 10.0 Å². The van der Waals surface area contributed by atoms with Crippen LogP contribution in [0.2, 0.25) is 0 Å². The Hall–Kier alpha value is -1.61. The molecule has 0 fully saturated rings. The Morgan fingerprint density at radius 3 is 2.60 bits per heavy atom. The third kappa shape index (κ3) is 4.82. The lowest BCUT2D eigenvalue weighted by molar-refractivity contribution is -0.139. The SMILES string of the molecule is CCOC(=O)CS(=O)(=O)Nc1ccc(Br)c(C(=O)O)c1. The van der Waals surface area contributed by atoms with E-state index >= 15 is 0 Å².